The molecule has 1 aliphatic heterocycles. The normalized spacial score (nSPS) is 18.1. The van der Waals surface area contributed by atoms with Gasteiger partial charge >= 0.3 is 5.97 Å². The molecule has 1 fully saturated rings. The molecule has 0 saturated carbocycles. The lowest BCUT2D eigenvalue weighted by atomic mass is 10.2. The number of carbonyl (C=O) groups is 3. The van der Waals surface area contributed by atoms with Crippen molar-refractivity contribution >= 4 is 17.8 Å². The molecule has 7 nitrogen and oxygen atoms in total. The highest BCUT2D eigenvalue weighted by molar-refractivity contribution is 6.05. The number of ether oxygens (including phenoxy) is 1. The zero-order valence-electron chi connectivity index (χ0n) is 11.5. The molecule has 0 radical (unpaired) electrons. The van der Waals surface area contributed by atoms with E-state index in [-0.39, 0.29) is 30.4 Å². The van der Waals surface area contributed by atoms with Crippen molar-refractivity contribution in [3.63, 3.8) is 0 Å². The Labute approximate surface area is 121 Å². The molecule has 2 amide bonds. The van der Waals surface area contributed by atoms with E-state index < -0.39 is 12.0 Å². The quantitative estimate of drug-likeness (QED) is 0.571. The first kappa shape index (κ1) is 15.0. The Kier molecular flexibility index (Phi) is 4.54. The number of rotatable bonds is 6. The van der Waals surface area contributed by atoms with E-state index in [4.69, 9.17) is 9.84 Å². The molecule has 1 aliphatic rings. The monoisotopic (exact) mass is 292 g/mol. The molecule has 0 spiro atoms. The number of aromatic carboxylic acids is 1. The van der Waals surface area contributed by atoms with Gasteiger partial charge in [-0.3, -0.25) is 14.5 Å². The van der Waals surface area contributed by atoms with Crippen LogP contribution in [0.5, 0.6) is 5.75 Å². The van der Waals surface area contributed by atoms with E-state index >= 15 is 0 Å². The third kappa shape index (κ3) is 3.57. The zero-order chi connectivity index (χ0) is 15.4. The molecule has 1 heterocycles. The predicted octanol–water partition coefficient (Wildman–Crippen LogP) is 0.110. The number of benzene rings is 1. The number of carboxylic acids is 1. The van der Waals surface area contributed by atoms with E-state index in [0.29, 0.717) is 12.3 Å². The average molecular weight is 292 g/mol. The molecule has 1 saturated heterocycles. The van der Waals surface area contributed by atoms with Crippen LogP contribution < -0.4 is 10.1 Å². The maximum absolute atomic E-state index is 11.6. The lowest BCUT2D eigenvalue weighted by Gasteiger charge is -2.12. The minimum Gasteiger partial charge on any atom is -0.492 e. The fourth-order valence-corrected chi connectivity index (χ4v) is 2.04. The molecule has 2 N–H and O–H groups in total. The Hall–Kier alpha value is -2.41. The van der Waals surface area contributed by atoms with Crippen molar-refractivity contribution < 1.29 is 24.2 Å². The third-order valence-corrected chi connectivity index (χ3v) is 3.22. The van der Waals surface area contributed by atoms with E-state index in [9.17, 15) is 14.4 Å². The summed E-state index contributed by atoms with van der Waals surface area (Å²) in [5.41, 5.74) is 0.152. The lowest BCUT2D eigenvalue weighted by molar-refractivity contribution is -0.137. The molecular formula is C14H16N2O5. The van der Waals surface area contributed by atoms with Crippen LogP contribution in [0, 0.1) is 0 Å². The van der Waals surface area contributed by atoms with Crippen molar-refractivity contribution in [2.45, 2.75) is 12.5 Å². The second-order valence-electron chi connectivity index (χ2n) is 4.68. The maximum atomic E-state index is 11.6. The summed E-state index contributed by atoms with van der Waals surface area (Å²) in [6.45, 7) is 0.652. The summed E-state index contributed by atoms with van der Waals surface area (Å²) in [5.74, 6) is -1.01. The number of amides is 2. The number of carboxylic acid groups (broad SMARTS) is 1. The average Bonchev–Trinajstić information content (AvgIpc) is 2.71. The molecular weight excluding hydrogens is 276 g/mol. The van der Waals surface area contributed by atoms with E-state index in [1.165, 1.54) is 19.2 Å². The second kappa shape index (κ2) is 6.36. The molecule has 1 aromatic carbocycles. The van der Waals surface area contributed by atoms with Crippen LogP contribution in [0.1, 0.15) is 16.8 Å². The van der Waals surface area contributed by atoms with Crippen molar-refractivity contribution in [2.24, 2.45) is 0 Å². The second-order valence-corrected chi connectivity index (χ2v) is 4.68. The Morgan fingerprint density at radius 1 is 1.48 bits per heavy atom. The largest absolute Gasteiger partial charge is 0.492 e. The SMILES string of the molecule is CN1C(=O)CC(NCCOc2cccc(C(=O)O)c2)C1=O. The van der Waals surface area contributed by atoms with Crippen LogP contribution in [0.4, 0.5) is 0 Å². The van der Waals surface area contributed by atoms with Gasteiger partial charge in [0.1, 0.15) is 12.4 Å². The first-order valence-corrected chi connectivity index (χ1v) is 6.49. The maximum Gasteiger partial charge on any atom is 0.335 e. The fraction of sp³-hybridized carbons (Fsp3) is 0.357. The molecule has 7 heteroatoms. The van der Waals surface area contributed by atoms with E-state index in [1.54, 1.807) is 12.1 Å². The van der Waals surface area contributed by atoms with E-state index in [1.807, 2.05) is 0 Å². The fourth-order valence-electron chi connectivity index (χ4n) is 2.04. The van der Waals surface area contributed by atoms with Gasteiger partial charge in [0.05, 0.1) is 18.0 Å². The van der Waals surface area contributed by atoms with Gasteiger partial charge in [-0.1, -0.05) is 6.07 Å². The van der Waals surface area contributed by atoms with Gasteiger partial charge in [-0.25, -0.2) is 4.79 Å². The highest BCUT2D eigenvalue weighted by atomic mass is 16.5. The highest BCUT2D eigenvalue weighted by Gasteiger charge is 2.35. The Bertz CT molecular complexity index is 572. The number of likely N-dealkylation sites (tertiary alicyclic amines) is 1. The molecule has 0 bridgehead atoms. The Morgan fingerprint density at radius 3 is 2.86 bits per heavy atom. The number of imide groups is 1. The number of likely N-dealkylation sites (N-methyl/N-ethyl adjacent to an activating group) is 1. The molecule has 1 atom stereocenters. The lowest BCUT2D eigenvalue weighted by Crippen LogP contribution is -2.39. The summed E-state index contributed by atoms with van der Waals surface area (Å²) in [4.78, 5) is 34.9. The highest BCUT2D eigenvalue weighted by Crippen LogP contribution is 2.13. The molecule has 21 heavy (non-hydrogen) atoms. The van der Waals surface area contributed by atoms with Crippen molar-refractivity contribution in [3.8, 4) is 5.75 Å². The minimum absolute atomic E-state index is 0.152. The van der Waals surface area contributed by atoms with Gasteiger partial charge in [-0.2, -0.15) is 0 Å². The first-order chi connectivity index (χ1) is 9.99. The van der Waals surface area contributed by atoms with Crippen LogP contribution >= 0.6 is 0 Å². The van der Waals surface area contributed by atoms with Crippen LogP contribution in [0.15, 0.2) is 24.3 Å². The van der Waals surface area contributed by atoms with Gasteiger partial charge in [-0.05, 0) is 18.2 Å². The van der Waals surface area contributed by atoms with Gasteiger partial charge in [0, 0.05) is 13.6 Å². The van der Waals surface area contributed by atoms with Gasteiger partial charge < -0.3 is 15.2 Å². The summed E-state index contributed by atoms with van der Waals surface area (Å²) in [5, 5.41) is 11.8. The van der Waals surface area contributed by atoms with Gasteiger partial charge in [0.2, 0.25) is 11.8 Å². The molecule has 1 aromatic rings. The van der Waals surface area contributed by atoms with Crippen molar-refractivity contribution in [1.82, 2.24) is 10.2 Å². The molecule has 0 aromatic heterocycles. The van der Waals surface area contributed by atoms with E-state index in [2.05, 4.69) is 5.32 Å². The number of hydrogen-bond acceptors (Lipinski definition) is 5. The summed E-state index contributed by atoms with van der Waals surface area (Å²) in [7, 11) is 1.46. The Morgan fingerprint density at radius 2 is 2.24 bits per heavy atom. The molecule has 2 rings (SSSR count). The topological polar surface area (TPSA) is 95.9 Å². The standard InChI is InChI=1S/C14H16N2O5/c1-16-12(17)8-11(13(16)18)15-5-6-21-10-4-2-3-9(7-10)14(19)20/h2-4,7,11,15H,5-6,8H2,1H3,(H,19,20). The zero-order valence-corrected chi connectivity index (χ0v) is 11.5. The van der Waals surface area contributed by atoms with Gasteiger partial charge in [0.15, 0.2) is 0 Å². The molecule has 112 valence electrons. The Balaban J connectivity index is 1.78. The van der Waals surface area contributed by atoms with Crippen LogP contribution in [0.3, 0.4) is 0 Å². The van der Waals surface area contributed by atoms with Gasteiger partial charge in [-0.15, -0.1) is 0 Å². The van der Waals surface area contributed by atoms with E-state index in [0.717, 1.165) is 4.90 Å². The van der Waals surface area contributed by atoms with Crippen LogP contribution in [0.25, 0.3) is 0 Å². The number of nitrogens with zero attached hydrogens (tertiary/aromatic N) is 1. The van der Waals surface area contributed by atoms with Crippen LogP contribution in [-0.2, 0) is 9.59 Å². The molecule has 1 unspecified atom stereocenters. The smallest absolute Gasteiger partial charge is 0.335 e. The summed E-state index contributed by atoms with van der Waals surface area (Å²) in [6, 6.07) is 5.66. The predicted molar refractivity (Wildman–Crippen MR) is 73.1 cm³/mol. The number of nitrogens with one attached hydrogen (secondary N) is 1. The molecule has 0 aliphatic carbocycles. The van der Waals surface area contributed by atoms with Crippen molar-refractivity contribution in [1.29, 1.82) is 0 Å². The first-order valence-electron chi connectivity index (χ1n) is 6.49. The third-order valence-electron chi connectivity index (χ3n) is 3.22. The minimum atomic E-state index is -1.02. The number of carbonyl (C=O) groups excluding carboxylic acids is 2. The van der Waals surface area contributed by atoms with Crippen LogP contribution in [-0.4, -0.2) is 54.0 Å². The number of hydrogen-bond donors (Lipinski definition) is 2. The van der Waals surface area contributed by atoms with Gasteiger partial charge in [0.25, 0.3) is 0 Å². The van der Waals surface area contributed by atoms with Crippen LogP contribution in [0.2, 0.25) is 0 Å². The van der Waals surface area contributed by atoms with Crippen molar-refractivity contribution in [2.75, 3.05) is 20.2 Å². The summed E-state index contributed by atoms with van der Waals surface area (Å²) < 4.78 is 5.41. The summed E-state index contributed by atoms with van der Waals surface area (Å²) in [6.07, 6.45) is 0.157. The summed E-state index contributed by atoms with van der Waals surface area (Å²) >= 11 is 0. The van der Waals surface area contributed by atoms with Crippen molar-refractivity contribution in [3.05, 3.63) is 29.8 Å².